The molecule has 0 amide bonds. The minimum atomic E-state index is -0.913. The molecule has 178 valence electrons. The Bertz CT molecular complexity index is 1210. The lowest BCUT2D eigenvalue weighted by molar-refractivity contribution is 0.0136. The van der Waals surface area contributed by atoms with Gasteiger partial charge in [0.05, 0.1) is 23.3 Å². The van der Waals surface area contributed by atoms with Gasteiger partial charge in [0.25, 0.3) is 0 Å². The van der Waals surface area contributed by atoms with E-state index in [-0.39, 0.29) is 5.89 Å². The number of fused-ring (bicyclic) bond motifs is 1. The molecule has 0 spiro atoms. The van der Waals surface area contributed by atoms with Gasteiger partial charge in [0.2, 0.25) is 5.89 Å². The number of aliphatic hydroxyl groups is 1. The molecule has 2 heterocycles. The van der Waals surface area contributed by atoms with Crippen LogP contribution < -0.4 is 16.2 Å². The molecule has 1 aliphatic heterocycles. The lowest BCUT2D eigenvalue weighted by Gasteiger charge is -2.32. The number of rotatable bonds is 3. The molecular formula is C22H24Cl2FN3O4S. The van der Waals surface area contributed by atoms with Crippen molar-refractivity contribution in [2.24, 2.45) is 5.73 Å². The third-order valence-electron chi connectivity index (χ3n) is 5.59. The summed E-state index contributed by atoms with van der Waals surface area (Å²) in [7, 11) is 0. The summed E-state index contributed by atoms with van der Waals surface area (Å²) in [5.41, 5.74) is 6.69. The van der Waals surface area contributed by atoms with Crippen LogP contribution in [0.25, 0.3) is 0 Å². The Labute approximate surface area is 205 Å². The SMILES string of the molecule is CC1(O)CCOc2c(S)ccc(Cl)c21.Cc1c(Cl)ccc(F)c1C(C)C(N)c1n[nH]c(=O)o1. The summed E-state index contributed by atoms with van der Waals surface area (Å²) >= 11 is 16.3. The lowest BCUT2D eigenvalue weighted by Crippen LogP contribution is -2.30. The van der Waals surface area contributed by atoms with Crippen LogP contribution in [0, 0.1) is 12.7 Å². The highest BCUT2D eigenvalue weighted by atomic mass is 35.5. The number of H-pyrrole nitrogens is 1. The number of nitrogens with zero attached hydrogens (tertiary/aromatic N) is 1. The Balaban J connectivity index is 0.000000194. The molecule has 1 aliphatic rings. The van der Waals surface area contributed by atoms with Crippen molar-refractivity contribution in [3.8, 4) is 5.75 Å². The number of halogens is 3. The first-order valence-electron chi connectivity index (χ1n) is 10.1. The quantitative estimate of drug-likeness (QED) is 0.369. The molecule has 7 nitrogen and oxygen atoms in total. The average molecular weight is 516 g/mol. The van der Waals surface area contributed by atoms with E-state index in [0.717, 1.165) is 0 Å². The molecule has 4 rings (SSSR count). The largest absolute Gasteiger partial charge is 0.492 e. The summed E-state index contributed by atoms with van der Waals surface area (Å²) in [5.74, 6) is -0.887. The van der Waals surface area contributed by atoms with Crippen LogP contribution >= 0.6 is 35.8 Å². The highest BCUT2D eigenvalue weighted by molar-refractivity contribution is 7.80. The number of aromatic nitrogens is 2. The zero-order valence-electron chi connectivity index (χ0n) is 18.2. The summed E-state index contributed by atoms with van der Waals surface area (Å²) in [6.45, 7) is 5.67. The first kappa shape index (κ1) is 25.6. The van der Waals surface area contributed by atoms with Gasteiger partial charge in [-0.25, -0.2) is 14.3 Å². The fourth-order valence-electron chi connectivity index (χ4n) is 3.68. The van der Waals surface area contributed by atoms with E-state index in [1.54, 1.807) is 32.9 Å². The van der Waals surface area contributed by atoms with E-state index in [0.29, 0.717) is 50.4 Å². The van der Waals surface area contributed by atoms with E-state index < -0.39 is 29.1 Å². The van der Waals surface area contributed by atoms with E-state index in [2.05, 4.69) is 22.8 Å². The second-order valence-electron chi connectivity index (χ2n) is 7.98. The summed E-state index contributed by atoms with van der Waals surface area (Å²) in [6.07, 6.45) is 0.553. The van der Waals surface area contributed by atoms with Crippen LogP contribution in [0.15, 0.2) is 38.4 Å². The first-order valence-corrected chi connectivity index (χ1v) is 11.3. The molecule has 0 saturated heterocycles. The van der Waals surface area contributed by atoms with Crippen molar-refractivity contribution in [3.05, 3.63) is 73.3 Å². The maximum absolute atomic E-state index is 13.9. The fraction of sp³-hybridized carbons (Fsp3) is 0.364. The summed E-state index contributed by atoms with van der Waals surface area (Å²) in [4.78, 5) is 11.6. The summed E-state index contributed by atoms with van der Waals surface area (Å²) < 4.78 is 24.2. The smallest absolute Gasteiger partial charge is 0.434 e. The Morgan fingerprint density at radius 2 is 1.97 bits per heavy atom. The number of hydrogen-bond donors (Lipinski definition) is 4. The molecule has 0 aliphatic carbocycles. The van der Waals surface area contributed by atoms with Gasteiger partial charge in [0.15, 0.2) is 0 Å². The van der Waals surface area contributed by atoms with Gasteiger partial charge in [-0.3, -0.25) is 0 Å². The highest BCUT2D eigenvalue weighted by Crippen LogP contribution is 2.44. The van der Waals surface area contributed by atoms with Gasteiger partial charge < -0.3 is 20.0 Å². The number of ether oxygens (including phenoxy) is 1. The molecule has 3 aromatic rings. The number of nitrogens with two attached hydrogens (primary N) is 1. The van der Waals surface area contributed by atoms with Crippen LogP contribution in [0.2, 0.25) is 10.0 Å². The van der Waals surface area contributed by atoms with Crippen LogP contribution in [0.4, 0.5) is 4.39 Å². The number of hydrogen-bond acceptors (Lipinski definition) is 7. The van der Waals surface area contributed by atoms with Gasteiger partial charge >= 0.3 is 5.76 Å². The molecule has 0 fully saturated rings. The predicted octanol–water partition coefficient (Wildman–Crippen LogP) is 4.89. The third-order valence-corrected chi connectivity index (χ3v) is 6.67. The Hall–Kier alpha value is -2.04. The molecule has 0 radical (unpaired) electrons. The van der Waals surface area contributed by atoms with Crippen molar-refractivity contribution in [2.75, 3.05) is 6.61 Å². The van der Waals surface area contributed by atoms with Gasteiger partial charge in [-0.2, -0.15) is 0 Å². The third kappa shape index (κ3) is 5.38. The van der Waals surface area contributed by atoms with E-state index in [9.17, 15) is 14.3 Å². The molecule has 0 saturated carbocycles. The lowest BCUT2D eigenvalue weighted by atomic mass is 9.90. The summed E-state index contributed by atoms with van der Waals surface area (Å²) in [6, 6.07) is 5.53. The average Bonchev–Trinajstić information content (AvgIpc) is 3.19. The standard InChI is InChI=1S/C12H13ClFN3O2.C10H11ClO2S/c1-5-7(13)3-4-8(14)9(5)6(2)10(15)11-16-17-12(18)19-11;1-10(12)4-5-13-9-7(14)3-2-6(11)8(9)10/h3-4,6,10H,15H2,1-2H3,(H,17,18);2-3,12,14H,4-5H2,1H3. The van der Waals surface area contributed by atoms with E-state index in [1.807, 2.05) is 0 Å². The molecule has 0 bridgehead atoms. The normalized spacial score (nSPS) is 19.1. The van der Waals surface area contributed by atoms with Crippen molar-refractivity contribution in [3.63, 3.8) is 0 Å². The minimum Gasteiger partial charge on any atom is -0.492 e. The number of thiol groups is 1. The van der Waals surface area contributed by atoms with Gasteiger partial charge in [-0.05, 0) is 49.2 Å². The minimum absolute atomic E-state index is 0.0382. The molecule has 4 N–H and O–H groups in total. The van der Waals surface area contributed by atoms with Gasteiger partial charge in [0.1, 0.15) is 11.6 Å². The van der Waals surface area contributed by atoms with Crippen LogP contribution in [-0.2, 0) is 5.60 Å². The zero-order chi connectivity index (χ0) is 24.5. The van der Waals surface area contributed by atoms with Crippen LogP contribution in [0.5, 0.6) is 5.75 Å². The summed E-state index contributed by atoms with van der Waals surface area (Å²) in [5, 5.41) is 16.9. The van der Waals surface area contributed by atoms with Gasteiger partial charge in [0, 0.05) is 27.8 Å². The Morgan fingerprint density at radius 3 is 2.58 bits per heavy atom. The monoisotopic (exact) mass is 515 g/mol. The van der Waals surface area contributed by atoms with Crippen LogP contribution in [-0.4, -0.2) is 21.9 Å². The molecule has 11 heteroatoms. The molecular weight excluding hydrogens is 492 g/mol. The van der Waals surface area contributed by atoms with Crippen molar-refractivity contribution in [2.45, 2.75) is 49.6 Å². The Kier molecular flexibility index (Phi) is 7.80. The van der Waals surface area contributed by atoms with Gasteiger partial charge in [-0.15, -0.1) is 17.7 Å². The highest BCUT2D eigenvalue weighted by Gasteiger charge is 2.34. The number of nitrogens with one attached hydrogen (secondary N) is 1. The maximum atomic E-state index is 13.9. The molecule has 1 aromatic heterocycles. The second kappa shape index (κ2) is 10.1. The van der Waals surface area contributed by atoms with Crippen LogP contribution in [0.3, 0.4) is 0 Å². The van der Waals surface area contributed by atoms with E-state index in [1.165, 1.54) is 12.1 Å². The molecule has 3 unspecified atom stereocenters. The molecule has 33 heavy (non-hydrogen) atoms. The topological polar surface area (TPSA) is 114 Å². The van der Waals surface area contributed by atoms with Gasteiger partial charge in [-0.1, -0.05) is 30.1 Å². The number of aromatic amines is 1. The number of benzene rings is 2. The zero-order valence-corrected chi connectivity index (χ0v) is 20.6. The van der Waals surface area contributed by atoms with Crippen LogP contribution in [0.1, 0.15) is 54.8 Å². The van der Waals surface area contributed by atoms with Crippen molar-refractivity contribution in [1.29, 1.82) is 0 Å². The fourth-order valence-corrected chi connectivity index (χ4v) is 4.45. The Morgan fingerprint density at radius 1 is 1.30 bits per heavy atom. The maximum Gasteiger partial charge on any atom is 0.434 e. The first-order chi connectivity index (χ1) is 15.4. The van der Waals surface area contributed by atoms with E-state index >= 15 is 0 Å². The molecule has 2 aromatic carbocycles. The van der Waals surface area contributed by atoms with Crippen molar-refractivity contribution >= 4 is 35.8 Å². The molecule has 3 atom stereocenters. The van der Waals surface area contributed by atoms with Crippen molar-refractivity contribution < 1.29 is 18.7 Å². The predicted molar refractivity (Wildman–Crippen MR) is 127 cm³/mol. The van der Waals surface area contributed by atoms with E-state index in [4.69, 9.17) is 38.1 Å². The second-order valence-corrected chi connectivity index (χ2v) is 9.27. The van der Waals surface area contributed by atoms with Crippen molar-refractivity contribution in [1.82, 2.24) is 10.2 Å².